The molecule has 156 valence electrons. The Morgan fingerprint density at radius 1 is 1.10 bits per heavy atom. The van der Waals surface area contributed by atoms with Gasteiger partial charge in [-0.2, -0.15) is 0 Å². The molecule has 3 aromatic rings. The topological polar surface area (TPSA) is 59.5 Å². The molecule has 5 nitrogen and oxygen atoms in total. The van der Waals surface area contributed by atoms with E-state index in [1.807, 2.05) is 32.9 Å². The minimum atomic E-state index is -0.496. The molecule has 2 aromatic carbocycles. The third-order valence-corrected chi connectivity index (χ3v) is 5.48. The summed E-state index contributed by atoms with van der Waals surface area (Å²) < 4.78 is 19.1. The summed E-state index contributed by atoms with van der Waals surface area (Å²) >= 11 is 1.34. The summed E-state index contributed by atoms with van der Waals surface area (Å²) in [7, 11) is 0. The molecule has 0 spiro atoms. The van der Waals surface area contributed by atoms with Crippen molar-refractivity contribution < 1.29 is 18.7 Å². The number of aryl methyl sites for hydroxylation is 3. The smallest absolute Gasteiger partial charge is 0.230 e. The van der Waals surface area contributed by atoms with Crippen molar-refractivity contribution in [3.05, 3.63) is 69.5 Å². The van der Waals surface area contributed by atoms with E-state index in [9.17, 15) is 14.0 Å². The second-order valence-electron chi connectivity index (χ2n) is 7.21. The van der Waals surface area contributed by atoms with Crippen molar-refractivity contribution in [1.82, 2.24) is 4.98 Å². The van der Waals surface area contributed by atoms with Crippen molar-refractivity contribution in [1.29, 1.82) is 0 Å². The normalized spacial score (nSPS) is 10.7. The Kier molecular flexibility index (Phi) is 6.31. The number of rotatable bonds is 6. The van der Waals surface area contributed by atoms with Crippen LogP contribution in [-0.2, 0) is 11.4 Å². The predicted molar refractivity (Wildman–Crippen MR) is 116 cm³/mol. The Hall–Kier alpha value is -3.06. The van der Waals surface area contributed by atoms with Crippen molar-refractivity contribution in [3.8, 4) is 5.75 Å². The molecule has 0 fully saturated rings. The molecule has 0 aliphatic heterocycles. The van der Waals surface area contributed by atoms with Gasteiger partial charge in [-0.25, -0.2) is 9.37 Å². The summed E-state index contributed by atoms with van der Waals surface area (Å²) in [6, 6.07) is 7.90. The van der Waals surface area contributed by atoms with Gasteiger partial charge in [0.25, 0.3) is 0 Å². The lowest BCUT2D eigenvalue weighted by atomic mass is 10.0. The van der Waals surface area contributed by atoms with Gasteiger partial charge in [0.2, 0.25) is 5.91 Å². The fourth-order valence-corrected chi connectivity index (χ4v) is 4.29. The maximum atomic E-state index is 13.4. The van der Waals surface area contributed by atoms with Crippen molar-refractivity contribution in [3.63, 3.8) is 0 Å². The molecule has 0 radical (unpaired) electrons. The van der Waals surface area contributed by atoms with E-state index >= 15 is 0 Å². The number of benzene rings is 2. The molecular formula is C23H23FN2O3S. The zero-order valence-electron chi connectivity index (χ0n) is 17.6. The number of carbonyl (C=O) groups excluding carboxylic acids is 2. The van der Waals surface area contributed by atoms with Crippen LogP contribution in [0.25, 0.3) is 0 Å². The van der Waals surface area contributed by atoms with E-state index in [0.717, 1.165) is 28.4 Å². The van der Waals surface area contributed by atoms with Crippen LogP contribution in [0, 0.1) is 26.6 Å². The van der Waals surface area contributed by atoms with Gasteiger partial charge in [-0.05, 0) is 57.0 Å². The maximum Gasteiger partial charge on any atom is 0.230 e. The van der Waals surface area contributed by atoms with Crippen LogP contribution in [0.5, 0.6) is 5.75 Å². The van der Waals surface area contributed by atoms with E-state index in [1.165, 1.54) is 37.3 Å². The SMILES string of the molecule is CC(=O)c1cc(F)ccc1OCc1csc(N(C(C)=O)c2c(C)cc(C)cc2C)n1. The lowest BCUT2D eigenvalue weighted by Gasteiger charge is -2.23. The minimum Gasteiger partial charge on any atom is -0.487 e. The van der Waals surface area contributed by atoms with E-state index in [1.54, 1.807) is 10.3 Å². The fourth-order valence-electron chi connectivity index (χ4n) is 3.43. The van der Waals surface area contributed by atoms with E-state index in [0.29, 0.717) is 16.6 Å². The third kappa shape index (κ3) is 4.57. The molecular weight excluding hydrogens is 403 g/mol. The molecule has 0 aliphatic rings. The lowest BCUT2D eigenvalue weighted by molar-refractivity contribution is -0.115. The Morgan fingerprint density at radius 2 is 1.77 bits per heavy atom. The number of amides is 1. The fraction of sp³-hybridized carbons (Fsp3) is 0.261. The highest BCUT2D eigenvalue weighted by molar-refractivity contribution is 7.14. The molecule has 1 amide bonds. The first kappa shape index (κ1) is 21.6. The van der Waals surface area contributed by atoms with Gasteiger partial charge in [0, 0.05) is 12.3 Å². The molecule has 30 heavy (non-hydrogen) atoms. The Balaban J connectivity index is 1.87. The summed E-state index contributed by atoms with van der Waals surface area (Å²) in [6.45, 7) is 8.93. The molecule has 3 rings (SSSR count). The molecule has 0 unspecified atom stereocenters. The van der Waals surface area contributed by atoms with E-state index in [4.69, 9.17) is 4.74 Å². The highest BCUT2D eigenvalue weighted by Gasteiger charge is 2.22. The van der Waals surface area contributed by atoms with Crippen LogP contribution in [0.3, 0.4) is 0 Å². The predicted octanol–water partition coefficient (Wildman–Crippen LogP) is 5.67. The number of hydrogen-bond donors (Lipinski definition) is 0. The number of carbonyl (C=O) groups is 2. The number of hydrogen-bond acceptors (Lipinski definition) is 5. The average Bonchev–Trinajstić information content (AvgIpc) is 3.11. The van der Waals surface area contributed by atoms with Gasteiger partial charge in [0.15, 0.2) is 10.9 Å². The van der Waals surface area contributed by atoms with Crippen molar-refractivity contribution >= 4 is 33.8 Å². The largest absolute Gasteiger partial charge is 0.487 e. The molecule has 1 aromatic heterocycles. The monoisotopic (exact) mass is 426 g/mol. The van der Waals surface area contributed by atoms with Crippen molar-refractivity contribution in [2.24, 2.45) is 0 Å². The first-order valence-electron chi connectivity index (χ1n) is 9.43. The first-order valence-corrected chi connectivity index (χ1v) is 10.3. The van der Waals surface area contributed by atoms with Crippen LogP contribution in [0.4, 0.5) is 15.2 Å². The van der Waals surface area contributed by atoms with Gasteiger partial charge >= 0.3 is 0 Å². The molecule has 0 N–H and O–H groups in total. The van der Waals surface area contributed by atoms with Gasteiger partial charge in [0.1, 0.15) is 18.2 Å². The highest BCUT2D eigenvalue weighted by Crippen LogP contribution is 2.34. The van der Waals surface area contributed by atoms with Gasteiger partial charge in [0.05, 0.1) is 16.9 Å². The standard InChI is InChI=1S/C23H23FN2O3S/c1-13-8-14(2)22(15(3)9-13)26(17(5)28)23-25-19(12-30-23)11-29-21-7-6-18(24)10-20(21)16(4)27/h6-10,12H,11H2,1-5H3. The summed E-state index contributed by atoms with van der Waals surface area (Å²) in [6.07, 6.45) is 0. The van der Waals surface area contributed by atoms with E-state index in [2.05, 4.69) is 4.98 Å². The first-order chi connectivity index (χ1) is 14.2. The second kappa shape index (κ2) is 8.75. The summed E-state index contributed by atoms with van der Waals surface area (Å²) in [5.41, 5.74) is 4.74. The number of ether oxygens (including phenoxy) is 1. The molecule has 0 saturated heterocycles. The summed E-state index contributed by atoms with van der Waals surface area (Å²) in [4.78, 5) is 30.4. The summed E-state index contributed by atoms with van der Waals surface area (Å²) in [5.74, 6) is -0.614. The third-order valence-electron chi connectivity index (χ3n) is 4.60. The van der Waals surface area contributed by atoms with Gasteiger partial charge in [-0.1, -0.05) is 17.7 Å². The van der Waals surface area contributed by atoms with Crippen LogP contribution in [0.1, 0.15) is 46.6 Å². The van der Waals surface area contributed by atoms with Crippen LogP contribution in [0.15, 0.2) is 35.7 Å². The van der Waals surface area contributed by atoms with Gasteiger partial charge < -0.3 is 4.74 Å². The lowest BCUT2D eigenvalue weighted by Crippen LogP contribution is -2.24. The van der Waals surface area contributed by atoms with Crippen molar-refractivity contribution in [2.45, 2.75) is 41.2 Å². The molecule has 0 saturated carbocycles. The quantitative estimate of drug-likeness (QED) is 0.476. The number of anilines is 2. The van der Waals surface area contributed by atoms with E-state index < -0.39 is 5.82 Å². The van der Waals surface area contributed by atoms with Gasteiger partial charge in [-0.3, -0.25) is 14.5 Å². The second-order valence-corrected chi connectivity index (χ2v) is 8.05. The number of thiazole rings is 1. The minimum absolute atomic E-state index is 0.0972. The Labute approximate surface area is 179 Å². The molecule has 0 aliphatic carbocycles. The zero-order chi connectivity index (χ0) is 22.0. The zero-order valence-corrected chi connectivity index (χ0v) is 18.4. The number of Topliss-reactive ketones (excluding diaryl/α,β-unsaturated/α-hetero) is 1. The van der Waals surface area contributed by atoms with Crippen LogP contribution in [-0.4, -0.2) is 16.7 Å². The van der Waals surface area contributed by atoms with Crippen LogP contribution < -0.4 is 9.64 Å². The number of halogens is 1. The number of ketones is 1. The van der Waals surface area contributed by atoms with Crippen molar-refractivity contribution in [2.75, 3.05) is 4.90 Å². The molecule has 1 heterocycles. The number of aromatic nitrogens is 1. The maximum absolute atomic E-state index is 13.4. The molecule has 0 bridgehead atoms. The van der Waals surface area contributed by atoms with E-state index in [-0.39, 0.29) is 23.9 Å². The molecule has 0 atom stereocenters. The van der Waals surface area contributed by atoms with Crippen LogP contribution in [0.2, 0.25) is 0 Å². The highest BCUT2D eigenvalue weighted by atomic mass is 32.1. The summed E-state index contributed by atoms with van der Waals surface area (Å²) in [5, 5.41) is 2.35. The Morgan fingerprint density at radius 3 is 2.37 bits per heavy atom. The average molecular weight is 427 g/mol. The number of nitrogens with zero attached hydrogens (tertiary/aromatic N) is 2. The van der Waals surface area contributed by atoms with Crippen LogP contribution >= 0.6 is 11.3 Å². The molecule has 7 heteroatoms. The van der Waals surface area contributed by atoms with Gasteiger partial charge in [-0.15, -0.1) is 11.3 Å². The Bertz CT molecular complexity index is 1100.